The number of hydrogen-bond donors (Lipinski definition) is 1. The number of hydrogen-bond acceptors (Lipinski definition) is 5. The number of alkyl halides is 3. The van der Waals surface area contributed by atoms with E-state index in [2.05, 4.69) is 23.8 Å². The molecule has 0 unspecified atom stereocenters. The first-order valence-electron chi connectivity index (χ1n) is 12.6. The van der Waals surface area contributed by atoms with Gasteiger partial charge in [0.05, 0.1) is 7.11 Å². The Balaban J connectivity index is 1.78. The number of rotatable bonds is 15. The SMILES string of the molecule is CCCCCCCCCCCCC#C[C@H]1OC(C(Cl)(Cl)Cl)=N[C@@H]1[C@H](O)COc1ccc(OC)cc1. The lowest BCUT2D eigenvalue weighted by Crippen LogP contribution is -2.37. The van der Waals surface area contributed by atoms with E-state index in [9.17, 15) is 5.11 Å². The molecular weight excluding hydrogens is 509 g/mol. The molecule has 8 heteroatoms. The molecule has 0 saturated carbocycles. The molecule has 35 heavy (non-hydrogen) atoms. The van der Waals surface area contributed by atoms with E-state index in [0.717, 1.165) is 25.0 Å². The minimum Gasteiger partial charge on any atom is -0.497 e. The van der Waals surface area contributed by atoms with Crippen molar-refractivity contribution in [3.63, 3.8) is 0 Å². The van der Waals surface area contributed by atoms with Gasteiger partial charge in [0, 0.05) is 6.42 Å². The molecule has 5 nitrogen and oxygen atoms in total. The smallest absolute Gasteiger partial charge is 0.266 e. The average Bonchev–Trinajstić information content (AvgIpc) is 3.28. The summed E-state index contributed by atoms with van der Waals surface area (Å²) in [4.78, 5) is 4.30. The topological polar surface area (TPSA) is 60.3 Å². The fourth-order valence-electron chi connectivity index (χ4n) is 3.79. The summed E-state index contributed by atoms with van der Waals surface area (Å²) in [5.74, 6) is 7.47. The zero-order chi connectivity index (χ0) is 25.5. The van der Waals surface area contributed by atoms with Crippen molar-refractivity contribution >= 4 is 40.7 Å². The molecule has 0 fully saturated rings. The Hall–Kier alpha value is -1.32. The van der Waals surface area contributed by atoms with Gasteiger partial charge in [-0.15, -0.1) is 0 Å². The minimum atomic E-state index is -1.82. The molecular formula is C27H38Cl3NO4. The van der Waals surface area contributed by atoms with Crippen molar-refractivity contribution in [2.45, 2.75) is 99.6 Å². The summed E-state index contributed by atoms with van der Waals surface area (Å²) in [6.45, 7) is 2.24. The van der Waals surface area contributed by atoms with Gasteiger partial charge in [-0.1, -0.05) is 111 Å². The Morgan fingerprint density at radius 2 is 1.54 bits per heavy atom. The summed E-state index contributed by atoms with van der Waals surface area (Å²) in [6.07, 6.45) is 11.8. The van der Waals surface area contributed by atoms with Crippen LogP contribution < -0.4 is 9.47 Å². The zero-order valence-corrected chi connectivity index (χ0v) is 23.0. The number of aliphatic imine (C=N–C) groups is 1. The maximum absolute atomic E-state index is 10.7. The van der Waals surface area contributed by atoms with Gasteiger partial charge in [-0.3, -0.25) is 0 Å². The van der Waals surface area contributed by atoms with Crippen LogP contribution in [0, 0.1) is 11.8 Å². The van der Waals surface area contributed by atoms with Crippen LogP contribution in [0.25, 0.3) is 0 Å². The first kappa shape index (κ1) is 29.9. The fraction of sp³-hybridized carbons (Fsp3) is 0.667. The predicted molar refractivity (Wildman–Crippen MR) is 145 cm³/mol. The van der Waals surface area contributed by atoms with E-state index < -0.39 is 22.0 Å². The van der Waals surface area contributed by atoms with E-state index in [1.165, 1.54) is 51.4 Å². The molecule has 0 aliphatic carbocycles. The van der Waals surface area contributed by atoms with Crippen molar-refractivity contribution in [3.8, 4) is 23.3 Å². The van der Waals surface area contributed by atoms with E-state index in [0.29, 0.717) is 5.75 Å². The molecule has 0 saturated heterocycles. The predicted octanol–water partition coefficient (Wildman–Crippen LogP) is 7.29. The fourth-order valence-corrected chi connectivity index (χ4v) is 4.07. The van der Waals surface area contributed by atoms with E-state index in [4.69, 9.17) is 49.0 Å². The van der Waals surface area contributed by atoms with Gasteiger partial charge in [0.1, 0.15) is 30.3 Å². The zero-order valence-electron chi connectivity index (χ0n) is 20.8. The van der Waals surface area contributed by atoms with Gasteiger partial charge in [-0.25, -0.2) is 4.99 Å². The second-order valence-corrected chi connectivity index (χ2v) is 11.0. The second-order valence-electron chi connectivity index (χ2n) is 8.77. The molecule has 0 amide bonds. The van der Waals surface area contributed by atoms with Crippen molar-refractivity contribution in [1.29, 1.82) is 0 Å². The third-order valence-electron chi connectivity index (χ3n) is 5.83. The Labute approximate surface area is 225 Å². The lowest BCUT2D eigenvalue weighted by Gasteiger charge is -2.19. The van der Waals surface area contributed by atoms with Gasteiger partial charge in [-0.2, -0.15) is 0 Å². The lowest BCUT2D eigenvalue weighted by molar-refractivity contribution is 0.0638. The van der Waals surface area contributed by atoms with Gasteiger partial charge < -0.3 is 19.3 Å². The molecule has 0 spiro atoms. The van der Waals surface area contributed by atoms with Crippen LogP contribution in [0.1, 0.15) is 77.6 Å². The van der Waals surface area contributed by atoms with E-state index in [1.807, 2.05) is 0 Å². The number of benzene rings is 1. The average molecular weight is 547 g/mol. The van der Waals surface area contributed by atoms with Gasteiger partial charge in [-0.05, 0) is 30.7 Å². The van der Waals surface area contributed by atoms with Crippen LogP contribution in [-0.2, 0) is 4.74 Å². The van der Waals surface area contributed by atoms with Gasteiger partial charge >= 0.3 is 0 Å². The largest absolute Gasteiger partial charge is 0.497 e. The van der Waals surface area contributed by atoms with E-state index in [1.54, 1.807) is 31.4 Å². The lowest BCUT2D eigenvalue weighted by atomic mass is 10.1. The molecule has 1 heterocycles. The molecule has 3 atom stereocenters. The third kappa shape index (κ3) is 11.5. The second kappa shape index (κ2) is 16.4. The highest BCUT2D eigenvalue weighted by Crippen LogP contribution is 2.34. The summed E-state index contributed by atoms with van der Waals surface area (Å²) >= 11 is 17.9. The van der Waals surface area contributed by atoms with Gasteiger partial charge in [0.15, 0.2) is 6.10 Å². The van der Waals surface area contributed by atoms with Crippen LogP contribution in [-0.4, -0.2) is 46.8 Å². The Kier molecular flexibility index (Phi) is 14.0. The molecule has 2 rings (SSSR count). The maximum Gasteiger partial charge on any atom is 0.266 e. The minimum absolute atomic E-state index is 0.00633. The standard InChI is InChI=1S/C27H38Cl3NO4/c1-3-4-5-6-7-8-9-10-11-12-13-14-15-24-25(31-26(35-24)27(28,29)30)23(32)20-34-22-18-16-21(33-2)17-19-22/h16-19,23-25,32H,3-13,20H2,1-2H3/t23-,24-,25-/m1/s1. The van der Waals surface area contributed by atoms with Crippen molar-refractivity contribution in [1.82, 2.24) is 0 Å². The van der Waals surface area contributed by atoms with Crippen molar-refractivity contribution in [2.24, 2.45) is 4.99 Å². The summed E-state index contributed by atoms with van der Waals surface area (Å²) in [5.41, 5.74) is 0. The summed E-state index contributed by atoms with van der Waals surface area (Å²) < 4.78 is 14.7. The highest BCUT2D eigenvalue weighted by Gasteiger charge is 2.43. The van der Waals surface area contributed by atoms with Crippen LogP contribution in [0.5, 0.6) is 11.5 Å². The van der Waals surface area contributed by atoms with Crippen LogP contribution in [0.4, 0.5) is 0 Å². The highest BCUT2D eigenvalue weighted by atomic mass is 35.6. The van der Waals surface area contributed by atoms with Gasteiger partial charge in [0.25, 0.3) is 3.79 Å². The number of ether oxygens (including phenoxy) is 3. The molecule has 0 aromatic heterocycles. The number of halogens is 3. The first-order valence-corrected chi connectivity index (χ1v) is 13.7. The molecule has 1 aliphatic rings. The molecule has 1 aliphatic heterocycles. The first-order chi connectivity index (χ1) is 16.8. The van der Waals surface area contributed by atoms with E-state index in [-0.39, 0.29) is 12.5 Å². The number of aliphatic hydroxyl groups excluding tert-OH is 1. The van der Waals surface area contributed by atoms with Gasteiger partial charge in [0.2, 0.25) is 5.90 Å². The van der Waals surface area contributed by atoms with Crippen LogP contribution >= 0.6 is 34.8 Å². The van der Waals surface area contributed by atoms with Crippen molar-refractivity contribution in [3.05, 3.63) is 24.3 Å². The Morgan fingerprint density at radius 3 is 2.11 bits per heavy atom. The summed E-state index contributed by atoms with van der Waals surface area (Å²) in [5, 5.41) is 10.7. The van der Waals surface area contributed by atoms with Crippen LogP contribution in [0.3, 0.4) is 0 Å². The number of unbranched alkanes of at least 4 members (excludes halogenated alkanes) is 10. The maximum atomic E-state index is 10.7. The Bertz CT molecular complexity index is 814. The van der Waals surface area contributed by atoms with Crippen molar-refractivity contribution < 1.29 is 19.3 Å². The van der Waals surface area contributed by atoms with Crippen LogP contribution in [0.15, 0.2) is 29.3 Å². The van der Waals surface area contributed by atoms with Crippen molar-refractivity contribution in [2.75, 3.05) is 13.7 Å². The third-order valence-corrected chi connectivity index (χ3v) is 6.32. The normalized spacial score (nSPS) is 18.3. The number of nitrogens with zero attached hydrogens (tertiary/aromatic N) is 1. The Morgan fingerprint density at radius 1 is 0.971 bits per heavy atom. The molecule has 1 aromatic rings. The quantitative estimate of drug-likeness (QED) is 0.143. The molecule has 0 radical (unpaired) electrons. The molecule has 196 valence electrons. The molecule has 1 aromatic carbocycles. The molecule has 1 N–H and O–H groups in total. The highest BCUT2D eigenvalue weighted by molar-refractivity contribution is 6.76. The summed E-state index contributed by atoms with van der Waals surface area (Å²) in [7, 11) is 1.59. The summed E-state index contributed by atoms with van der Waals surface area (Å²) in [6, 6.07) is 6.37. The molecule has 0 bridgehead atoms. The van der Waals surface area contributed by atoms with E-state index >= 15 is 0 Å². The van der Waals surface area contributed by atoms with Crippen LogP contribution in [0.2, 0.25) is 0 Å². The monoisotopic (exact) mass is 545 g/mol. The number of methoxy groups -OCH3 is 1. The number of aliphatic hydroxyl groups is 1.